The number of sulfonamides is 1. The third-order valence-corrected chi connectivity index (χ3v) is 4.74. The first-order valence-corrected chi connectivity index (χ1v) is 9.05. The first kappa shape index (κ1) is 20.1. The Hall–Kier alpha value is -2.21. The van der Waals surface area contributed by atoms with E-state index >= 15 is 0 Å². The van der Waals surface area contributed by atoms with E-state index in [4.69, 9.17) is 16.3 Å². The summed E-state index contributed by atoms with van der Waals surface area (Å²) in [4.78, 5) is 0.0453. The largest absolute Gasteiger partial charge is 0.481 e. The van der Waals surface area contributed by atoms with Crippen LogP contribution in [0.1, 0.15) is 5.56 Å². The van der Waals surface area contributed by atoms with Crippen molar-refractivity contribution in [2.24, 2.45) is 0 Å². The Kier molecular flexibility index (Phi) is 6.53. The summed E-state index contributed by atoms with van der Waals surface area (Å²) in [6.07, 6.45) is -4.45. The van der Waals surface area contributed by atoms with Gasteiger partial charge in [-0.15, -0.1) is 0 Å². The van der Waals surface area contributed by atoms with E-state index in [-0.39, 0.29) is 23.8 Å². The average molecular weight is 404 g/mol. The van der Waals surface area contributed by atoms with Gasteiger partial charge in [-0.2, -0.15) is 17.9 Å². The average Bonchev–Trinajstić information content (AvgIpc) is 2.58. The molecule has 2 rings (SSSR count). The summed E-state index contributed by atoms with van der Waals surface area (Å²) in [5.41, 5.74) is -0.821. The summed E-state index contributed by atoms with van der Waals surface area (Å²) in [7, 11) is -3.72. The lowest BCUT2D eigenvalue weighted by atomic mass is 10.2. The van der Waals surface area contributed by atoms with Crippen LogP contribution in [0.15, 0.2) is 53.4 Å². The van der Waals surface area contributed by atoms with E-state index in [2.05, 4.69) is 16.6 Å². The van der Waals surface area contributed by atoms with Gasteiger partial charge in [-0.3, -0.25) is 0 Å². The third kappa shape index (κ3) is 5.95. The smallest absolute Gasteiger partial charge is 0.416 e. The fraction of sp³-hybridized carbons (Fsp3) is 0.176. The summed E-state index contributed by atoms with van der Waals surface area (Å²) in [5, 5.41) is 0.412. The number of hydrogen-bond acceptors (Lipinski definition) is 3. The minimum absolute atomic E-state index is 0.0240. The molecule has 0 aromatic heterocycles. The van der Waals surface area contributed by atoms with Gasteiger partial charge in [0.1, 0.15) is 12.4 Å². The van der Waals surface area contributed by atoms with Gasteiger partial charge in [0, 0.05) is 5.02 Å². The lowest BCUT2D eigenvalue weighted by Crippen LogP contribution is -2.24. The number of alkyl halides is 3. The zero-order chi connectivity index (χ0) is 19.2. The Morgan fingerprint density at radius 1 is 1.08 bits per heavy atom. The van der Waals surface area contributed by atoms with Gasteiger partial charge in [-0.25, -0.2) is 8.42 Å². The number of benzene rings is 2. The SMILES string of the molecule is O=S(=O)(NCC#CCOc1cccc(C(F)(F)F)c1)c1ccc(Cl)cc1. The maximum atomic E-state index is 12.6. The predicted molar refractivity (Wildman–Crippen MR) is 91.4 cm³/mol. The summed E-state index contributed by atoms with van der Waals surface area (Å²) < 4.78 is 69.0. The van der Waals surface area contributed by atoms with Crippen LogP contribution in [0.2, 0.25) is 5.02 Å². The first-order chi connectivity index (χ1) is 12.2. The number of ether oxygens (including phenoxy) is 1. The highest BCUT2D eigenvalue weighted by atomic mass is 35.5. The van der Waals surface area contributed by atoms with Crippen LogP contribution in [0.4, 0.5) is 13.2 Å². The van der Waals surface area contributed by atoms with Crippen LogP contribution in [-0.4, -0.2) is 21.6 Å². The molecule has 9 heteroatoms. The van der Waals surface area contributed by atoms with Crippen LogP contribution in [0, 0.1) is 11.8 Å². The van der Waals surface area contributed by atoms with E-state index in [1.165, 1.54) is 36.4 Å². The van der Waals surface area contributed by atoms with Crippen molar-refractivity contribution in [3.63, 3.8) is 0 Å². The normalized spacial score (nSPS) is 11.5. The van der Waals surface area contributed by atoms with E-state index in [0.29, 0.717) is 5.02 Å². The highest BCUT2D eigenvalue weighted by molar-refractivity contribution is 7.89. The quantitative estimate of drug-likeness (QED) is 0.774. The van der Waals surface area contributed by atoms with Gasteiger partial charge in [0.05, 0.1) is 17.0 Å². The molecule has 4 nitrogen and oxygen atoms in total. The second kappa shape index (κ2) is 8.45. The zero-order valence-electron chi connectivity index (χ0n) is 13.2. The van der Waals surface area contributed by atoms with E-state index in [9.17, 15) is 21.6 Å². The van der Waals surface area contributed by atoms with Gasteiger partial charge in [0.2, 0.25) is 10.0 Å². The van der Waals surface area contributed by atoms with Gasteiger partial charge in [-0.1, -0.05) is 29.5 Å². The zero-order valence-corrected chi connectivity index (χ0v) is 14.8. The molecule has 0 unspecified atom stereocenters. The van der Waals surface area contributed by atoms with E-state index < -0.39 is 21.8 Å². The molecule has 2 aromatic carbocycles. The van der Waals surface area contributed by atoms with Crippen LogP contribution in [0.25, 0.3) is 0 Å². The van der Waals surface area contributed by atoms with E-state index in [0.717, 1.165) is 12.1 Å². The van der Waals surface area contributed by atoms with Gasteiger partial charge in [0.15, 0.2) is 0 Å². The lowest BCUT2D eigenvalue weighted by Gasteiger charge is -2.08. The minimum atomic E-state index is -4.45. The van der Waals surface area contributed by atoms with Crippen LogP contribution < -0.4 is 9.46 Å². The van der Waals surface area contributed by atoms with Crippen LogP contribution in [0.3, 0.4) is 0 Å². The Balaban J connectivity index is 1.85. The van der Waals surface area contributed by atoms with Crippen molar-refractivity contribution in [2.75, 3.05) is 13.2 Å². The molecule has 138 valence electrons. The molecule has 1 N–H and O–H groups in total. The molecule has 0 saturated heterocycles. The van der Waals surface area contributed by atoms with Crippen molar-refractivity contribution in [3.8, 4) is 17.6 Å². The molecule has 0 fully saturated rings. The molecule has 0 bridgehead atoms. The van der Waals surface area contributed by atoms with Gasteiger partial charge < -0.3 is 4.74 Å². The number of nitrogens with one attached hydrogen (secondary N) is 1. The molecular weight excluding hydrogens is 391 g/mol. The fourth-order valence-corrected chi connectivity index (χ4v) is 2.87. The summed E-state index contributed by atoms with van der Waals surface area (Å²) in [6, 6.07) is 10.0. The van der Waals surface area contributed by atoms with Gasteiger partial charge in [-0.05, 0) is 42.5 Å². The molecule has 0 aliphatic rings. The van der Waals surface area contributed by atoms with Gasteiger partial charge >= 0.3 is 6.18 Å². The van der Waals surface area contributed by atoms with Crippen molar-refractivity contribution in [1.29, 1.82) is 0 Å². The first-order valence-electron chi connectivity index (χ1n) is 7.19. The van der Waals surface area contributed by atoms with Crippen molar-refractivity contribution in [1.82, 2.24) is 4.72 Å². The molecule has 0 saturated carbocycles. The molecule has 0 heterocycles. The summed E-state index contributed by atoms with van der Waals surface area (Å²) in [6.45, 7) is -0.346. The maximum Gasteiger partial charge on any atom is 0.416 e. The summed E-state index contributed by atoms with van der Waals surface area (Å²) in [5.74, 6) is 5.07. The third-order valence-electron chi connectivity index (χ3n) is 3.07. The minimum Gasteiger partial charge on any atom is -0.481 e. The topological polar surface area (TPSA) is 55.4 Å². The monoisotopic (exact) mass is 403 g/mol. The van der Waals surface area contributed by atoms with Crippen LogP contribution >= 0.6 is 11.6 Å². The van der Waals surface area contributed by atoms with Crippen molar-refractivity contribution >= 4 is 21.6 Å². The molecule has 0 amide bonds. The predicted octanol–water partition coefficient (Wildman–Crippen LogP) is 3.72. The standard InChI is InChI=1S/C17H13ClF3NO3S/c18-14-6-8-16(9-7-14)26(23,24)22-10-1-2-11-25-15-5-3-4-13(12-15)17(19,20)21/h3-9,12,22H,10-11H2. The molecule has 0 aliphatic heterocycles. The molecule has 0 atom stereocenters. The van der Waals surface area contributed by atoms with Crippen LogP contribution in [-0.2, 0) is 16.2 Å². The highest BCUT2D eigenvalue weighted by Crippen LogP contribution is 2.31. The lowest BCUT2D eigenvalue weighted by molar-refractivity contribution is -0.137. The Morgan fingerprint density at radius 2 is 1.77 bits per heavy atom. The summed E-state index contributed by atoms with van der Waals surface area (Å²) >= 11 is 5.69. The molecule has 0 spiro atoms. The highest BCUT2D eigenvalue weighted by Gasteiger charge is 2.30. The van der Waals surface area contributed by atoms with Crippen LogP contribution in [0.5, 0.6) is 5.75 Å². The molecule has 0 aliphatic carbocycles. The fourth-order valence-electron chi connectivity index (χ4n) is 1.82. The van der Waals surface area contributed by atoms with Gasteiger partial charge in [0.25, 0.3) is 0 Å². The van der Waals surface area contributed by atoms with Crippen molar-refractivity contribution in [3.05, 3.63) is 59.1 Å². The number of hydrogen-bond donors (Lipinski definition) is 1. The molecule has 0 radical (unpaired) electrons. The van der Waals surface area contributed by atoms with E-state index in [1.807, 2.05) is 0 Å². The Labute approximate surface area is 154 Å². The molecular formula is C17H13ClF3NO3S. The van der Waals surface area contributed by atoms with Crippen molar-refractivity contribution < 1.29 is 26.3 Å². The second-order valence-corrected chi connectivity index (χ2v) is 7.15. The van der Waals surface area contributed by atoms with Crippen molar-refractivity contribution in [2.45, 2.75) is 11.1 Å². The molecule has 2 aromatic rings. The van der Waals surface area contributed by atoms with E-state index in [1.54, 1.807) is 0 Å². The number of halogens is 4. The maximum absolute atomic E-state index is 12.6. The Bertz CT molecular complexity index is 917. The number of rotatable bonds is 5. The Morgan fingerprint density at radius 3 is 2.42 bits per heavy atom. The molecule has 26 heavy (non-hydrogen) atoms. The second-order valence-electron chi connectivity index (χ2n) is 4.95.